The van der Waals surface area contributed by atoms with Crippen molar-refractivity contribution in [3.63, 3.8) is 0 Å². The summed E-state index contributed by atoms with van der Waals surface area (Å²) in [5, 5.41) is 19.2. The van der Waals surface area contributed by atoms with Crippen LogP contribution >= 0.6 is 0 Å². The minimum Gasteiger partial charge on any atom is -0.480 e. The third-order valence-electron chi connectivity index (χ3n) is 4.67. The first-order valence-corrected chi connectivity index (χ1v) is 9.76. The maximum atomic E-state index is 12.5. The quantitative estimate of drug-likeness (QED) is 0.587. The van der Waals surface area contributed by atoms with Gasteiger partial charge in [0.2, 0.25) is 5.91 Å². The smallest absolute Gasteiger partial charge is 0.480 e. The number of fused-ring (bicyclic) bond motifs is 1. The standard InChI is InChI=1S/C19H22N4O3.C2HF3O2/c1-22-10-11-23(16-8-5-9-20-18(16)22)13-17(24)21-15(19(25)26)12-14-6-3-2-4-7-14;3-2(4,5)1(6)7/h2-9,15H,10-13H2,1H3,(H,21,24)(H,25,26);(H,6,7)/t15-;/m0./s1. The Labute approximate surface area is 187 Å². The fourth-order valence-electron chi connectivity index (χ4n) is 3.05. The van der Waals surface area contributed by atoms with Crippen LogP contribution in [0, 0.1) is 0 Å². The highest BCUT2D eigenvalue weighted by Crippen LogP contribution is 2.29. The predicted molar refractivity (Wildman–Crippen MR) is 113 cm³/mol. The van der Waals surface area contributed by atoms with Crippen LogP contribution < -0.4 is 15.1 Å². The van der Waals surface area contributed by atoms with Crippen molar-refractivity contribution in [3.05, 3.63) is 54.2 Å². The highest BCUT2D eigenvalue weighted by molar-refractivity contribution is 5.87. The number of aromatic nitrogens is 1. The molecule has 0 saturated heterocycles. The Morgan fingerprint density at radius 2 is 1.73 bits per heavy atom. The van der Waals surface area contributed by atoms with Crippen molar-refractivity contribution in [1.29, 1.82) is 0 Å². The zero-order valence-electron chi connectivity index (χ0n) is 17.6. The molecule has 0 fully saturated rings. The lowest BCUT2D eigenvalue weighted by molar-refractivity contribution is -0.192. The van der Waals surface area contributed by atoms with Crippen LogP contribution in [-0.2, 0) is 20.8 Å². The Bertz CT molecular complexity index is 972. The maximum Gasteiger partial charge on any atom is 0.490 e. The van der Waals surface area contributed by atoms with Gasteiger partial charge in [0, 0.05) is 32.8 Å². The number of hydrogen-bond donors (Lipinski definition) is 3. The number of hydrogen-bond acceptors (Lipinski definition) is 6. The molecule has 3 N–H and O–H groups in total. The van der Waals surface area contributed by atoms with Crippen molar-refractivity contribution in [3.8, 4) is 0 Å². The number of pyridine rings is 1. The molecule has 1 amide bonds. The molecule has 0 radical (unpaired) electrons. The zero-order chi connectivity index (χ0) is 24.6. The summed E-state index contributed by atoms with van der Waals surface area (Å²) < 4.78 is 31.7. The highest BCUT2D eigenvalue weighted by atomic mass is 19.4. The van der Waals surface area contributed by atoms with Crippen LogP contribution in [0.15, 0.2) is 48.7 Å². The van der Waals surface area contributed by atoms with Crippen LogP contribution in [0.5, 0.6) is 0 Å². The fraction of sp³-hybridized carbons (Fsp3) is 0.333. The number of alkyl halides is 3. The van der Waals surface area contributed by atoms with Crippen molar-refractivity contribution < 1.29 is 37.8 Å². The number of likely N-dealkylation sites (N-methyl/N-ethyl adjacent to an activating group) is 1. The van der Waals surface area contributed by atoms with Gasteiger partial charge in [0.25, 0.3) is 0 Å². The number of carboxylic acids is 2. The molecule has 0 aliphatic carbocycles. The molecule has 1 aliphatic heterocycles. The molecule has 0 unspecified atom stereocenters. The first kappa shape index (κ1) is 25.4. The Morgan fingerprint density at radius 1 is 1.09 bits per heavy atom. The molecule has 9 nitrogen and oxygen atoms in total. The normalized spacial score (nSPS) is 13.8. The molecular weight excluding hydrogens is 445 g/mol. The monoisotopic (exact) mass is 468 g/mol. The first-order valence-electron chi connectivity index (χ1n) is 9.76. The van der Waals surface area contributed by atoms with E-state index in [9.17, 15) is 27.9 Å². The van der Waals surface area contributed by atoms with Gasteiger partial charge in [-0.15, -0.1) is 0 Å². The number of carboxylic acid groups (broad SMARTS) is 2. The van der Waals surface area contributed by atoms with Gasteiger partial charge >= 0.3 is 18.1 Å². The molecule has 2 aromatic rings. The number of nitrogens with one attached hydrogen (secondary N) is 1. The van der Waals surface area contributed by atoms with Gasteiger partial charge in [0.15, 0.2) is 5.82 Å². The van der Waals surface area contributed by atoms with Gasteiger partial charge in [-0.2, -0.15) is 13.2 Å². The topological polar surface area (TPSA) is 123 Å². The van der Waals surface area contributed by atoms with E-state index in [-0.39, 0.29) is 18.9 Å². The zero-order valence-corrected chi connectivity index (χ0v) is 17.6. The summed E-state index contributed by atoms with van der Waals surface area (Å²) in [6, 6.07) is 12.1. The summed E-state index contributed by atoms with van der Waals surface area (Å²) in [6.07, 6.45) is -3.11. The van der Waals surface area contributed by atoms with Crippen LogP contribution in [0.4, 0.5) is 24.7 Å². The van der Waals surface area contributed by atoms with E-state index < -0.39 is 24.2 Å². The van der Waals surface area contributed by atoms with E-state index in [4.69, 9.17) is 9.90 Å². The van der Waals surface area contributed by atoms with Crippen LogP contribution in [0.25, 0.3) is 0 Å². The van der Waals surface area contributed by atoms with Crippen molar-refractivity contribution in [2.24, 2.45) is 0 Å². The van der Waals surface area contributed by atoms with E-state index in [0.29, 0.717) is 6.54 Å². The summed E-state index contributed by atoms with van der Waals surface area (Å²) in [7, 11) is 1.96. The number of benzene rings is 1. The Balaban J connectivity index is 0.000000479. The number of halogens is 3. The predicted octanol–water partition coefficient (Wildman–Crippen LogP) is 1.78. The molecular formula is C21H23F3N4O5. The molecule has 1 aromatic heterocycles. The second-order valence-electron chi connectivity index (χ2n) is 7.14. The Kier molecular flexibility index (Phi) is 8.60. The van der Waals surface area contributed by atoms with E-state index in [1.807, 2.05) is 59.3 Å². The molecule has 33 heavy (non-hydrogen) atoms. The number of carbonyl (C=O) groups excluding carboxylic acids is 1. The second kappa shape index (κ2) is 11.2. The fourth-order valence-corrected chi connectivity index (χ4v) is 3.05. The van der Waals surface area contributed by atoms with Gasteiger partial charge in [-0.05, 0) is 17.7 Å². The average Bonchev–Trinajstić information content (AvgIpc) is 2.76. The van der Waals surface area contributed by atoms with Crippen LogP contribution in [0.2, 0.25) is 0 Å². The summed E-state index contributed by atoms with van der Waals surface area (Å²) in [4.78, 5) is 41.2. The number of carbonyl (C=O) groups is 3. The van der Waals surface area contributed by atoms with E-state index >= 15 is 0 Å². The molecule has 2 heterocycles. The van der Waals surface area contributed by atoms with Gasteiger partial charge in [-0.1, -0.05) is 30.3 Å². The van der Waals surface area contributed by atoms with Crippen LogP contribution in [0.3, 0.4) is 0 Å². The lowest BCUT2D eigenvalue weighted by Crippen LogP contribution is -2.49. The number of rotatable bonds is 6. The van der Waals surface area contributed by atoms with E-state index in [1.165, 1.54) is 0 Å². The maximum absolute atomic E-state index is 12.5. The lowest BCUT2D eigenvalue weighted by Gasteiger charge is -2.35. The molecule has 12 heteroatoms. The number of nitrogens with zero attached hydrogens (tertiary/aromatic N) is 3. The third kappa shape index (κ3) is 7.66. The lowest BCUT2D eigenvalue weighted by atomic mass is 10.1. The molecule has 178 valence electrons. The molecule has 1 aromatic carbocycles. The summed E-state index contributed by atoms with van der Waals surface area (Å²) in [5.41, 5.74) is 1.75. The van der Waals surface area contributed by atoms with Gasteiger partial charge in [-0.3, -0.25) is 4.79 Å². The van der Waals surface area contributed by atoms with Gasteiger partial charge in [0.1, 0.15) is 6.04 Å². The summed E-state index contributed by atoms with van der Waals surface area (Å²) in [6.45, 7) is 1.54. The van der Waals surface area contributed by atoms with Crippen molar-refractivity contribution in [1.82, 2.24) is 10.3 Å². The average molecular weight is 468 g/mol. The Hall–Kier alpha value is -3.83. The van der Waals surface area contributed by atoms with E-state index in [1.54, 1.807) is 6.20 Å². The van der Waals surface area contributed by atoms with Crippen molar-refractivity contribution in [2.75, 3.05) is 36.5 Å². The van der Waals surface area contributed by atoms with Crippen LogP contribution in [-0.4, -0.2) is 71.9 Å². The number of amides is 1. The molecule has 0 spiro atoms. The molecule has 1 atom stereocenters. The second-order valence-corrected chi connectivity index (χ2v) is 7.14. The number of anilines is 2. The van der Waals surface area contributed by atoms with Crippen molar-refractivity contribution >= 4 is 29.4 Å². The van der Waals surface area contributed by atoms with Crippen LogP contribution in [0.1, 0.15) is 5.56 Å². The third-order valence-corrected chi connectivity index (χ3v) is 4.67. The Morgan fingerprint density at radius 3 is 2.30 bits per heavy atom. The highest BCUT2D eigenvalue weighted by Gasteiger charge is 2.38. The summed E-state index contributed by atoms with van der Waals surface area (Å²) in [5.74, 6) is -3.28. The largest absolute Gasteiger partial charge is 0.490 e. The number of aliphatic carboxylic acids is 2. The van der Waals surface area contributed by atoms with Gasteiger partial charge in [0.05, 0.1) is 12.2 Å². The molecule has 3 rings (SSSR count). The minimum absolute atomic E-state index is 0.102. The van der Waals surface area contributed by atoms with E-state index in [0.717, 1.165) is 23.6 Å². The molecule has 0 bridgehead atoms. The van der Waals surface area contributed by atoms with E-state index in [2.05, 4.69) is 10.3 Å². The molecule has 0 saturated carbocycles. The van der Waals surface area contributed by atoms with Gasteiger partial charge < -0.3 is 25.3 Å². The van der Waals surface area contributed by atoms with Crippen molar-refractivity contribution in [2.45, 2.75) is 18.6 Å². The molecule has 1 aliphatic rings. The first-order chi connectivity index (χ1) is 15.5. The SMILES string of the molecule is CN1CCN(CC(=O)N[C@@H](Cc2ccccc2)C(=O)O)c2cccnc21.O=C(O)C(F)(F)F. The summed E-state index contributed by atoms with van der Waals surface area (Å²) >= 11 is 0. The minimum atomic E-state index is -5.08. The van der Waals surface area contributed by atoms with Gasteiger partial charge in [-0.25, -0.2) is 14.6 Å².